The van der Waals surface area contributed by atoms with Crippen LogP contribution >= 0.6 is 11.6 Å². The second-order valence-electron chi connectivity index (χ2n) is 12.3. The molecule has 0 aliphatic carbocycles. The van der Waals surface area contributed by atoms with Crippen molar-refractivity contribution in [3.63, 3.8) is 0 Å². The van der Waals surface area contributed by atoms with Gasteiger partial charge in [-0.3, -0.25) is 14.2 Å². The molecule has 4 N–H and O–H groups in total. The summed E-state index contributed by atoms with van der Waals surface area (Å²) < 4.78 is 28.9. The number of rotatable bonds is 8. The number of aliphatic hydroxyl groups is 1. The number of esters is 1. The third kappa shape index (κ3) is 6.67. The highest BCUT2D eigenvalue weighted by Crippen LogP contribution is 2.46. The van der Waals surface area contributed by atoms with Gasteiger partial charge in [-0.2, -0.15) is 10.2 Å². The molecule has 0 saturated heterocycles. The summed E-state index contributed by atoms with van der Waals surface area (Å²) in [6.45, 7) is 5.11. The highest BCUT2D eigenvalue weighted by molar-refractivity contribution is 6.52. The number of pyridine rings is 1. The predicted octanol–water partition coefficient (Wildman–Crippen LogP) is 1.35. The number of ether oxygens (including phenoxy) is 2. The van der Waals surface area contributed by atoms with Crippen molar-refractivity contribution in [2.24, 2.45) is 18.7 Å². The minimum atomic E-state index is -2.75. The molecule has 1 aliphatic heterocycles. The molecule has 3 aromatic heterocycles. The summed E-state index contributed by atoms with van der Waals surface area (Å²) in [4.78, 5) is 17.0. The van der Waals surface area contributed by atoms with Crippen LogP contribution in [0.4, 0.5) is 10.2 Å². The van der Waals surface area contributed by atoms with Crippen molar-refractivity contribution in [2.45, 2.75) is 55.3 Å². The fraction of sp³-hybridized carbons (Fsp3) is 0.400. The molecule has 240 valence electrons. The standard InChI is InChI=1S/C30H29B6ClFN7O4/c1-5-13(2)22(39)27(46)48-12-41-26-20-8-15(10-40-26)24-21(25(37)43-45(24)29(33,34)30(35,36)47)28(31,32)19-11-44(4)42-23(19)17-7-6-16(38)9-18(17)14(3)49-20/h6-11,13-14,22,47H,5,12,39H2,1-4H3,(H,40,41)/t13?,14-,22?/m1/s1. The summed E-state index contributed by atoms with van der Waals surface area (Å²) in [5.41, 5.74) is 7.47. The Morgan fingerprint density at radius 1 is 1.27 bits per heavy atom. The summed E-state index contributed by atoms with van der Waals surface area (Å²) in [5, 5.41) is 14.9. The van der Waals surface area contributed by atoms with Gasteiger partial charge >= 0.3 is 5.97 Å². The van der Waals surface area contributed by atoms with Gasteiger partial charge in [-0.25, -0.2) is 9.37 Å². The SMILES string of the molecule is [B]C1([B])c2cn(C)nc2-c2ccc(F)cc2[C@@H](C)Oc2cc(cnc2NCOC(=O)C(N)C(C)CC)-c2c1c(Cl)nn2C([B])([B])C([B])([B])O. The minimum Gasteiger partial charge on any atom is -0.482 e. The van der Waals surface area contributed by atoms with Crippen LogP contribution in [0.2, 0.25) is 5.15 Å². The maximum absolute atomic E-state index is 14.8. The van der Waals surface area contributed by atoms with Crippen LogP contribution in [0.15, 0.2) is 36.7 Å². The van der Waals surface area contributed by atoms with E-state index in [1.165, 1.54) is 35.1 Å². The lowest BCUT2D eigenvalue weighted by Crippen LogP contribution is -2.58. The molecular formula is C30H29B6ClFN7O4. The molecule has 2 unspecified atom stereocenters. The summed E-state index contributed by atoms with van der Waals surface area (Å²) in [5.74, 6) is -1.07. The Labute approximate surface area is 296 Å². The highest BCUT2D eigenvalue weighted by Gasteiger charge is 2.42. The second kappa shape index (κ2) is 13.3. The number of fused-ring (bicyclic) bond motifs is 7. The number of benzene rings is 1. The summed E-state index contributed by atoms with van der Waals surface area (Å²) >= 11 is 6.75. The zero-order valence-corrected chi connectivity index (χ0v) is 28.1. The van der Waals surface area contributed by atoms with Crippen molar-refractivity contribution in [3.05, 3.63) is 64.3 Å². The number of hydrogen-bond donors (Lipinski definition) is 3. The van der Waals surface area contributed by atoms with Crippen molar-refractivity contribution in [3.8, 4) is 28.3 Å². The van der Waals surface area contributed by atoms with Gasteiger partial charge in [0, 0.05) is 41.7 Å². The van der Waals surface area contributed by atoms with Gasteiger partial charge in [-0.15, -0.1) is 0 Å². The Bertz CT molecular complexity index is 1900. The molecule has 0 amide bonds. The first kappa shape index (κ1) is 36.7. The van der Waals surface area contributed by atoms with Gasteiger partial charge in [0.25, 0.3) is 0 Å². The fourth-order valence-corrected chi connectivity index (χ4v) is 5.80. The number of nitrogens with zero attached hydrogens (tertiary/aromatic N) is 5. The zero-order valence-electron chi connectivity index (χ0n) is 27.3. The van der Waals surface area contributed by atoms with Gasteiger partial charge in [-0.1, -0.05) is 31.9 Å². The van der Waals surface area contributed by atoms with Gasteiger partial charge in [0.2, 0.25) is 0 Å². The molecule has 2 bridgehead atoms. The smallest absolute Gasteiger partial charge is 0.324 e. The fourth-order valence-electron chi connectivity index (χ4n) is 5.48. The molecular weight excluding hydrogens is 642 g/mol. The van der Waals surface area contributed by atoms with Crippen LogP contribution in [0, 0.1) is 11.7 Å². The quantitative estimate of drug-likeness (QED) is 0.144. The van der Waals surface area contributed by atoms with Crippen molar-refractivity contribution in [2.75, 3.05) is 12.0 Å². The van der Waals surface area contributed by atoms with E-state index in [0.29, 0.717) is 17.5 Å². The second-order valence-corrected chi connectivity index (χ2v) is 12.6. The molecule has 12 radical (unpaired) electrons. The van der Waals surface area contributed by atoms with Crippen LogP contribution in [0.1, 0.15) is 50.0 Å². The van der Waals surface area contributed by atoms with E-state index in [0.717, 1.165) is 4.68 Å². The number of aromatic nitrogens is 5. The molecule has 3 atom stereocenters. The lowest BCUT2D eigenvalue weighted by molar-refractivity contribution is -0.145. The normalized spacial score (nSPS) is 16.9. The van der Waals surface area contributed by atoms with Gasteiger partial charge in [0.05, 0.1) is 42.8 Å². The summed E-state index contributed by atoms with van der Waals surface area (Å²) in [6, 6.07) is 4.74. The minimum absolute atomic E-state index is 0.0355. The number of halogens is 2. The average Bonchev–Trinajstić information content (AvgIpc) is 3.60. The van der Waals surface area contributed by atoms with Crippen molar-refractivity contribution in [1.29, 1.82) is 0 Å². The van der Waals surface area contributed by atoms with E-state index in [2.05, 4.69) is 20.5 Å². The number of carbonyl (C=O) groups excluding carboxylic acids is 1. The molecule has 0 fully saturated rings. The molecule has 1 aliphatic rings. The average molecular weight is 671 g/mol. The topological polar surface area (TPSA) is 142 Å². The van der Waals surface area contributed by atoms with E-state index in [1.807, 2.05) is 13.8 Å². The zero-order chi connectivity index (χ0) is 36.2. The molecule has 11 nitrogen and oxygen atoms in total. The Kier molecular flexibility index (Phi) is 9.92. The molecule has 0 saturated carbocycles. The molecule has 19 heteroatoms. The van der Waals surface area contributed by atoms with E-state index in [1.54, 1.807) is 20.2 Å². The van der Waals surface area contributed by atoms with Crippen LogP contribution in [0.3, 0.4) is 0 Å². The number of hydrogen-bond acceptors (Lipinski definition) is 9. The van der Waals surface area contributed by atoms with E-state index >= 15 is 0 Å². The van der Waals surface area contributed by atoms with Crippen molar-refractivity contribution in [1.82, 2.24) is 24.5 Å². The van der Waals surface area contributed by atoms with Gasteiger partial charge in [-0.05, 0) is 58.6 Å². The molecule has 1 aromatic carbocycles. The summed E-state index contributed by atoms with van der Waals surface area (Å²) in [6.07, 6.45) is 2.75. The first-order chi connectivity index (χ1) is 22.8. The molecule has 0 spiro atoms. The maximum atomic E-state index is 14.8. The maximum Gasteiger partial charge on any atom is 0.324 e. The number of anilines is 1. The van der Waals surface area contributed by atoms with E-state index in [4.69, 9.17) is 73.9 Å². The third-order valence-electron chi connectivity index (χ3n) is 8.64. The van der Waals surface area contributed by atoms with Crippen LogP contribution in [0.25, 0.3) is 22.5 Å². The molecule has 49 heavy (non-hydrogen) atoms. The number of aryl methyl sites for hydroxylation is 1. The number of nitrogens with one attached hydrogen (secondary N) is 1. The molecule has 4 heterocycles. The Balaban J connectivity index is 1.76. The van der Waals surface area contributed by atoms with Gasteiger partial charge in [0.15, 0.2) is 23.5 Å². The van der Waals surface area contributed by atoms with E-state index in [9.17, 15) is 14.3 Å². The Morgan fingerprint density at radius 2 is 1.96 bits per heavy atom. The van der Waals surface area contributed by atoms with E-state index in [-0.39, 0.29) is 57.4 Å². The van der Waals surface area contributed by atoms with Crippen LogP contribution in [-0.2, 0) is 27.1 Å². The van der Waals surface area contributed by atoms with E-state index < -0.39 is 39.9 Å². The van der Waals surface area contributed by atoms with Crippen molar-refractivity contribution >= 4 is 70.5 Å². The van der Waals surface area contributed by atoms with Crippen molar-refractivity contribution < 1.29 is 23.8 Å². The largest absolute Gasteiger partial charge is 0.482 e. The lowest BCUT2D eigenvalue weighted by Gasteiger charge is -2.41. The van der Waals surface area contributed by atoms with Crippen LogP contribution in [0.5, 0.6) is 5.75 Å². The number of carbonyl (C=O) groups is 1. The van der Waals surface area contributed by atoms with Crippen LogP contribution in [-0.4, -0.2) is 101 Å². The monoisotopic (exact) mass is 671 g/mol. The number of nitrogens with two attached hydrogens (primary N) is 1. The van der Waals surface area contributed by atoms with Gasteiger partial charge in [0.1, 0.15) is 33.7 Å². The van der Waals surface area contributed by atoms with Crippen LogP contribution < -0.4 is 15.8 Å². The third-order valence-corrected chi connectivity index (χ3v) is 8.91. The Morgan fingerprint density at radius 3 is 2.61 bits per heavy atom. The molecule has 5 rings (SSSR count). The first-order valence-corrected chi connectivity index (χ1v) is 15.6. The van der Waals surface area contributed by atoms with Gasteiger partial charge < -0.3 is 25.6 Å². The Hall–Kier alpha value is -3.61. The molecule has 4 aromatic rings. The lowest BCUT2D eigenvalue weighted by atomic mass is 9.40. The first-order valence-electron chi connectivity index (χ1n) is 15.2. The predicted molar refractivity (Wildman–Crippen MR) is 188 cm³/mol. The summed E-state index contributed by atoms with van der Waals surface area (Å²) in [7, 11) is 39.7. The highest BCUT2D eigenvalue weighted by atomic mass is 35.5.